The van der Waals surface area contributed by atoms with Crippen LogP contribution in [-0.2, 0) is 9.53 Å². The van der Waals surface area contributed by atoms with Crippen LogP contribution in [-0.4, -0.2) is 31.1 Å². The second-order valence-corrected chi connectivity index (χ2v) is 4.68. The first-order valence-corrected chi connectivity index (χ1v) is 6.60. The summed E-state index contributed by atoms with van der Waals surface area (Å²) in [7, 11) is 1.68. The van der Waals surface area contributed by atoms with Gasteiger partial charge in [-0.05, 0) is 30.4 Å². The van der Waals surface area contributed by atoms with Gasteiger partial charge in [0.15, 0.2) is 0 Å². The molecule has 0 saturated heterocycles. The van der Waals surface area contributed by atoms with E-state index in [0.717, 1.165) is 24.5 Å². The maximum Gasteiger partial charge on any atom is 0.234 e. The van der Waals surface area contributed by atoms with Crippen molar-refractivity contribution in [1.29, 1.82) is 0 Å². The summed E-state index contributed by atoms with van der Waals surface area (Å²) in [5, 5.41) is 2.80. The van der Waals surface area contributed by atoms with E-state index >= 15 is 0 Å². The van der Waals surface area contributed by atoms with E-state index in [9.17, 15) is 4.79 Å². The molecular weight excluding hydrogens is 236 g/mol. The van der Waals surface area contributed by atoms with Crippen molar-refractivity contribution in [3.63, 3.8) is 0 Å². The Morgan fingerprint density at radius 3 is 3.06 bits per heavy atom. The average Bonchev–Trinajstić information content (AvgIpc) is 2.29. The minimum absolute atomic E-state index is 0.00184. The van der Waals surface area contributed by atoms with Gasteiger partial charge in [-0.25, -0.2) is 0 Å². The van der Waals surface area contributed by atoms with Gasteiger partial charge in [0, 0.05) is 25.1 Å². The first-order chi connectivity index (χ1) is 8.22. The molecule has 0 bridgehead atoms. The lowest BCUT2D eigenvalue weighted by Gasteiger charge is -2.05. The smallest absolute Gasteiger partial charge is 0.234 e. The fourth-order valence-corrected chi connectivity index (χ4v) is 2.01. The highest BCUT2D eigenvalue weighted by Gasteiger charge is 2.02. The number of hydrogen-bond acceptors (Lipinski definition) is 4. The number of methoxy groups -OCH3 is 1. The third-order valence-corrected chi connectivity index (χ3v) is 3.08. The maximum atomic E-state index is 11.6. The lowest BCUT2D eigenvalue weighted by molar-refractivity contribution is -0.113. The third-order valence-electron chi connectivity index (χ3n) is 2.04. The van der Waals surface area contributed by atoms with Crippen LogP contribution in [0.15, 0.2) is 24.3 Å². The molecule has 1 aromatic carbocycles. The van der Waals surface area contributed by atoms with Gasteiger partial charge in [0.25, 0.3) is 0 Å². The Kier molecular flexibility index (Phi) is 6.50. The van der Waals surface area contributed by atoms with Gasteiger partial charge >= 0.3 is 0 Å². The molecule has 0 saturated carbocycles. The van der Waals surface area contributed by atoms with E-state index in [1.807, 2.05) is 12.1 Å². The molecule has 0 heterocycles. The summed E-state index contributed by atoms with van der Waals surface area (Å²) in [6.45, 7) is 0.740. The zero-order valence-electron chi connectivity index (χ0n) is 9.94. The van der Waals surface area contributed by atoms with Gasteiger partial charge in [-0.3, -0.25) is 4.79 Å². The fourth-order valence-electron chi connectivity index (χ4n) is 1.28. The van der Waals surface area contributed by atoms with E-state index < -0.39 is 0 Å². The van der Waals surface area contributed by atoms with Crippen LogP contribution in [0, 0.1) is 0 Å². The quantitative estimate of drug-likeness (QED) is 0.577. The Hall–Kier alpha value is -1.20. The molecule has 0 unspecified atom stereocenters. The number of anilines is 2. The predicted octanol–water partition coefficient (Wildman–Crippen LogP) is 1.98. The number of carbonyl (C=O) groups is 1. The molecule has 1 rings (SSSR count). The second kappa shape index (κ2) is 7.97. The van der Waals surface area contributed by atoms with Crippen LogP contribution in [0.1, 0.15) is 6.42 Å². The van der Waals surface area contributed by atoms with Crippen molar-refractivity contribution < 1.29 is 9.53 Å². The van der Waals surface area contributed by atoms with Crippen LogP contribution in [0.4, 0.5) is 11.4 Å². The van der Waals surface area contributed by atoms with Crippen molar-refractivity contribution in [2.45, 2.75) is 6.42 Å². The topological polar surface area (TPSA) is 64.3 Å². The highest BCUT2D eigenvalue weighted by molar-refractivity contribution is 7.99. The van der Waals surface area contributed by atoms with Crippen molar-refractivity contribution in [3.05, 3.63) is 24.3 Å². The molecule has 0 atom stereocenters. The van der Waals surface area contributed by atoms with E-state index in [1.165, 1.54) is 0 Å². The molecule has 0 fully saturated rings. The molecule has 5 heteroatoms. The van der Waals surface area contributed by atoms with E-state index in [4.69, 9.17) is 10.5 Å². The number of carbonyl (C=O) groups excluding carboxylic acids is 1. The lowest BCUT2D eigenvalue weighted by atomic mass is 10.3. The molecule has 1 amide bonds. The van der Waals surface area contributed by atoms with Crippen LogP contribution in [0.5, 0.6) is 0 Å². The van der Waals surface area contributed by atoms with Crippen molar-refractivity contribution >= 4 is 29.0 Å². The Bertz CT molecular complexity index is 358. The summed E-state index contributed by atoms with van der Waals surface area (Å²) in [5.41, 5.74) is 7.01. The summed E-state index contributed by atoms with van der Waals surface area (Å²) in [4.78, 5) is 11.6. The van der Waals surface area contributed by atoms with Crippen LogP contribution < -0.4 is 11.1 Å². The van der Waals surface area contributed by atoms with Crippen LogP contribution in [0.2, 0.25) is 0 Å². The predicted molar refractivity (Wildman–Crippen MR) is 73.3 cm³/mol. The summed E-state index contributed by atoms with van der Waals surface area (Å²) < 4.78 is 4.93. The fraction of sp³-hybridized carbons (Fsp3) is 0.417. The van der Waals surface area contributed by atoms with E-state index in [2.05, 4.69) is 5.32 Å². The monoisotopic (exact) mass is 254 g/mol. The molecule has 4 nitrogen and oxygen atoms in total. The van der Waals surface area contributed by atoms with E-state index in [0.29, 0.717) is 11.4 Å². The molecule has 3 N–H and O–H groups in total. The highest BCUT2D eigenvalue weighted by Crippen LogP contribution is 2.12. The number of hydrogen-bond donors (Lipinski definition) is 2. The Morgan fingerprint density at radius 1 is 1.53 bits per heavy atom. The molecule has 0 aliphatic heterocycles. The molecule has 0 aromatic heterocycles. The standard InChI is InChI=1S/C12H18N2O2S/c1-16-6-3-7-17-9-12(15)14-11-5-2-4-10(13)8-11/h2,4-5,8H,3,6-7,9,13H2,1H3,(H,14,15). The maximum absolute atomic E-state index is 11.6. The number of nitrogens with one attached hydrogen (secondary N) is 1. The van der Waals surface area contributed by atoms with Crippen LogP contribution in [0.3, 0.4) is 0 Å². The summed E-state index contributed by atoms with van der Waals surface area (Å²) in [5.74, 6) is 1.38. The van der Waals surface area contributed by atoms with Crippen molar-refractivity contribution in [1.82, 2.24) is 0 Å². The molecule has 1 aromatic rings. The van der Waals surface area contributed by atoms with E-state index in [-0.39, 0.29) is 5.91 Å². The molecule has 94 valence electrons. The minimum atomic E-state index is -0.00184. The number of rotatable bonds is 7. The summed E-state index contributed by atoms with van der Waals surface area (Å²) in [6.07, 6.45) is 0.965. The van der Waals surface area contributed by atoms with Crippen LogP contribution >= 0.6 is 11.8 Å². The lowest BCUT2D eigenvalue weighted by Crippen LogP contribution is -2.14. The molecule has 0 aliphatic carbocycles. The zero-order valence-corrected chi connectivity index (χ0v) is 10.8. The minimum Gasteiger partial charge on any atom is -0.399 e. The first-order valence-electron chi connectivity index (χ1n) is 5.44. The molecular formula is C12H18N2O2S. The van der Waals surface area contributed by atoms with Gasteiger partial charge < -0.3 is 15.8 Å². The Balaban J connectivity index is 2.21. The Labute approximate surface area is 106 Å². The Morgan fingerprint density at radius 2 is 2.35 bits per heavy atom. The van der Waals surface area contributed by atoms with Gasteiger partial charge in [0.1, 0.15) is 0 Å². The van der Waals surface area contributed by atoms with Crippen LogP contribution in [0.25, 0.3) is 0 Å². The highest BCUT2D eigenvalue weighted by atomic mass is 32.2. The van der Waals surface area contributed by atoms with Gasteiger partial charge in [0.05, 0.1) is 5.75 Å². The number of amides is 1. The number of nitrogens with two attached hydrogens (primary N) is 1. The summed E-state index contributed by atoms with van der Waals surface area (Å²) >= 11 is 1.60. The number of thioether (sulfide) groups is 1. The number of benzene rings is 1. The molecule has 0 radical (unpaired) electrons. The van der Waals surface area contributed by atoms with Gasteiger partial charge in [-0.2, -0.15) is 11.8 Å². The van der Waals surface area contributed by atoms with Gasteiger partial charge in [-0.15, -0.1) is 0 Å². The van der Waals surface area contributed by atoms with Crippen molar-refractivity contribution in [2.24, 2.45) is 0 Å². The normalized spacial score (nSPS) is 10.2. The summed E-state index contributed by atoms with van der Waals surface area (Å²) in [6, 6.07) is 7.17. The van der Waals surface area contributed by atoms with Gasteiger partial charge in [-0.1, -0.05) is 6.07 Å². The SMILES string of the molecule is COCCCSCC(=O)Nc1cccc(N)c1. The van der Waals surface area contributed by atoms with Gasteiger partial charge in [0.2, 0.25) is 5.91 Å². The van der Waals surface area contributed by atoms with Crippen molar-refractivity contribution in [2.75, 3.05) is 36.3 Å². The number of ether oxygens (including phenoxy) is 1. The average molecular weight is 254 g/mol. The largest absolute Gasteiger partial charge is 0.399 e. The molecule has 0 spiro atoms. The zero-order chi connectivity index (χ0) is 12.5. The molecule has 17 heavy (non-hydrogen) atoms. The second-order valence-electron chi connectivity index (χ2n) is 3.57. The van der Waals surface area contributed by atoms with Crippen molar-refractivity contribution in [3.8, 4) is 0 Å². The third kappa shape index (κ3) is 6.19. The first kappa shape index (κ1) is 13.9. The molecule has 0 aliphatic rings. The van der Waals surface area contributed by atoms with E-state index in [1.54, 1.807) is 31.0 Å². The number of nitrogen functional groups attached to an aromatic ring is 1.